The molecule has 4 heteroatoms. The van der Waals surface area contributed by atoms with Crippen molar-refractivity contribution in [1.29, 1.82) is 0 Å². The van der Waals surface area contributed by atoms with Crippen LogP contribution in [0, 0.1) is 11.3 Å². The number of carbonyl (C=O) groups is 1. The van der Waals surface area contributed by atoms with E-state index in [0.717, 1.165) is 30.5 Å². The van der Waals surface area contributed by atoms with Gasteiger partial charge in [-0.05, 0) is 42.2 Å². The van der Waals surface area contributed by atoms with E-state index in [1.54, 1.807) is 0 Å². The van der Waals surface area contributed by atoms with Crippen molar-refractivity contribution in [3.05, 3.63) is 22.9 Å². The molecule has 0 aliphatic heterocycles. The van der Waals surface area contributed by atoms with Crippen LogP contribution in [0.4, 0.5) is 0 Å². The van der Waals surface area contributed by atoms with Gasteiger partial charge >= 0.3 is 0 Å². The number of carbonyl (C=O) groups excluding carboxylic acids is 1. The van der Waals surface area contributed by atoms with E-state index in [1.807, 2.05) is 6.07 Å². The molecular weight excluding hydrogens is 252 g/mol. The van der Waals surface area contributed by atoms with E-state index in [9.17, 15) is 9.90 Å². The molecule has 0 saturated heterocycles. The predicted molar refractivity (Wildman–Crippen MR) is 78.1 cm³/mol. The van der Waals surface area contributed by atoms with E-state index >= 15 is 0 Å². The van der Waals surface area contributed by atoms with Crippen molar-refractivity contribution in [3.63, 3.8) is 0 Å². The monoisotopic (exact) mass is 272 g/mol. The number of aldehydes is 1. The molecular formula is C16H20N2O2. The summed E-state index contributed by atoms with van der Waals surface area (Å²) in [5, 5.41) is 9.73. The topological polar surface area (TPSA) is 66.0 Å². The molecule has 2 heterocycles. The van der Waals surface area contributed by atoms with Crippen molar-refractivity contribution in [2.24, 2.45) is 11.3 Å². The summed E-state index contributed by atoms with van der Waals surface area (Å²) >= 11 is 0. The molecule has 20 heavy (non-hydrogen) atoms. The predicted octanol–water partition coefficient (Wildman–Crippen LogP) is 3.23. The Morgan fingerprint density at radius 1 is 1.45 bits per heavy atom. The molecule has 1 aliphatic carbocycles. The molecule has 0 amide bonds. The average molecular weight is 272 g/mol. The number of pyridine rings is 1. The van der Waals surface area contributed by atoms with E-state index < -0.39 is 0 Å². The van der Waals surface area contributed by atoms with Crippen molar-refractivity contribution in [2.75, 3.05) is 0 Å². The zero-order valence-electron chi connectivity index (χ0n) is 12.2. The molecule has 106 valence electrons. The number of hydrogen-bond donors (Lipinski definition) is 2. The first-order valence-electron chi connectivity index (χ1n) is 7.08. The number of nitrogens with one attached hydrogen (secondary N) is 1. The van der Waals surface area contributed by atoms with Crippen molar-refractivity contribution in [2.45, 2.75) is 40.0 Å². The fraction of sp³-hybridized carbons (Fsp3) is 0.500. The summed E-state index contributed by atoms with van der Waals surface area (Å²) in [7, 11) is 0. The van der Waals surface area contributed by atoms with Gasteiger partial charge < -0.3 is 10.1 Å². The minimum atomic E-state index is -0.0859. The van der Waals surface area contributed by atoms with Crippen LogP contribution in [0.1, 0.15) is 48.8 Å². The SMILES string of the molecule is CC(C)(C)C1CCc2nc3c(C=O)c(O)[nH]c3cc2C1. The van der Waals surface area contributed by atoms with Crippen LogP contribution in [0.5, 0.6) is 5.88 Å². The molecule has 0 radical (unpaired) electrons. The van der Waals surface area contributed by atoms with Gasteiger partial charge in [0.25, 0.3) is 0 Å². The van der Waals surface area contributed by atoms with Gasteiger partial charge in [-0.2, -0.15) is 0 Å². The number of aromatic amines is 1. The highest BCUT2D eigenvalue weighted by atomic mass is 16.3. The zero-order chi connectivity index (χ0) is 14.5. The van der Waals surface area contributed by atoms with Gasteiger partial charge in [0.1, 0.15) is 11.1 Å². The zero-order valence-corrected chi connectivity index (χ0v) is 12.2. The van der Waals surface area contributed by atoms with Crippen LogP contribution in [-0.4, -0.2) is 21.4 Å². The molecule has 0 fully saturated rings. The smallest absolute Gasteiger partial charge is 0.201 e. The van der Waals surface area contributed by atoms with Gasteiger partial charge in [-0.1, -0.05) is 20.8 Å². The molecule has 0 spiro atoms. The van der Waals surface area contributed by atoms with Crippen molar-refractivity contribution >= 4 is 17.3 Å². The lowest BCUT2D eigenvalue weighted by Crippen LogP contribution is -2.27. The summed E-state index contributed by atoms with van der Waals surface area (Å²) in [6.45, 7) is 6.83. The summed E-state index contributed by atoms with van der Waals surface area (Å²) in [6.07, 6.45) is 3.74. The Morgan fingerprint density at radius 2 is 2.20 bits per heavy atom. The lowest BCUT2D eigenvalue weighted by atomic mass is 9.71. The fourth-order valence-electron chi connectivity index (χ4n) is 3.12. The molecule has 2 aromatic heterocycles. The number of H-pyrrole nitrogens is 1. The maximum Gasteiger partial charge on any atom is 0.201 e. The summed E-state index contributed by atoms with van der Waals surface area (Å²) in [5.41, 5.74) is 4.20. The van der Waals surface area contributed by atoms with Crippen LogP contribution in [0.15, 0.2) is 6.07 Å². The third kappa shape index (κ3) is 1.99. The molecule has 0 saturated carbocycles. The fourth-order valence-corrected chi connectivity index (χ4v) is 3.12. The van der Waals surface area contributed by atoms with Crippen molar-refractivity contribution in [3.8, 4) is 5.88 Å². The van der Waals surface area contributed by atoms with Crippen LogP contribution in [0.25, 0.3) is 11.0 Å². The largest absolute Gasteiger partial charge is 0.494 e. The number of aryl methyl sites for hydroxylation is 1. The lowest BCUT2D eigenvalue weighted by Gasteiger charge is -2.34. The van der Waals surface area contributed by atoms with Gasteiger partial charge in [0.2, 0.25) is 5.88 Å². The molecule has 2 N–H and O–H groups in total. The first-order valence-corrected chi connectivity index (χ1v) is 7.08. The van der Waals surface area contributed by atoms with Crippen LogP contribution in [0.2, 0.25) is 0 Å². The van der Waals surface area contributed by atoms with Gasteiger partial charge in [0.15, 0.2) is 6.29 Å². The van der Waals surface area contributed by atoms with Crippen LogP contribution in [0.3, 0.4) is 0 Å². The van der Waals surface area contributed by atoms with E-state index in [2.05, 4.69) is 30.7 Å². The molecule has 0 bridgehead atoms. The van der Waals surface area contributed by atoms with Gasteiger partial charge in [0.05, 0.1) is 5.52 Å². The maximum absolute atomic E-state index is 11.0. The first-order chi connectivity index (χ1) is 9.40. The van der Waals surface area contributed by atoms with Crippen LogP contribution in [-0.2, 0) is 12.8 Å². The third-order valence-electron chi connectivity index (χ3n) is 4.49. The number of rotatable bonds is 1. The Labute approximate surface area is 118 Å². The second-order valence-electron chi connectivity index (χ2n) is 6.80. The normalized spacial score (nSPS) is 19.1. The Hall–Kier alpha value is -1.84. The van der Waals surface area contributed by atoms with Crippen LogP contribution >= 0.6 is 0 Å². The van der Waals surface area contributed by atoms with Gasteiger partial charge in [-0.3, -0.25) is 9.78 Å². The van der Waals surface area contributed by atoms with E-state index in [1.165, 1.54) is 5.56 Å². The average Bonchev–Trinajstić information content (AvgIpc) is 2.68. The summed E-state index contributed by atoms with van der Waals surface area (Å²) in [5.74, 6) is 0.556. The highest BCUT2D eigenvalue weighted by molar-refractivity contribution is 5.98. The number of nitrogens with zero attached hydrogens (tertiary/aromatic N) is 1. The first kappa shape index (κ1) is 13.2. The van der Waals surface area contributed by atoms with Gasteiger partial charge in [-0.25, -0.2) is 0 Å². The number of aromatic hydroxyl groups is 1. The molecule has 0 aromatic carbocycles. The molecule has 1 unspecified atom stereocenters. The lowest BCUT2D eigenvalue weighted by molar-refractivity contribution is 0.112. The van der Waals surface area contributed by atoms with Crippen LogP contribution < -0.4 is 0 Å². The minimum absolute atomic E-state index is 0.0859. The molecule has 3 rings (SSSR count). The third-order valence-corrected chi connectivity index (χ3v) is 4.49. The van der Waals surface area contributed by atoms with Crippen molar-refractivity contribution in [1.82, 2.24) is 9.97 Å². The summed E-state index contributed by atoms with van der Waals surface area (Å²) in [4.78, 5) is 18.5. The van der Waals surface area contributed by atoms with Gasteiger partial charge in [0, 0.05) is 5.69 Å². The Morgan fingerprint density at radius 3 is 2.85 bits per heavy atom. The van der Waals surface area contributed by atoms with E-state index in [4.69, 9.17) is 0 Å². The number of aromatic nitrogens is 2. The highest BCUT2D eigenvalue weighted by Crippen LogP contribution is 2.38. The van der Waals surface area contributed by atoms with Crippen molar-refractivity contribution < 1.29 is 9.90 Å². The second-order valence-corrected chi connectivity index (χ2v) is 6.80. The second kappa shape index (κ2) is 4.33. The standard InChI is InChI=1S/C16H20N2O2/c1-16(2,3)10-4-5-12-9(6-10)7-13-14(17-12)11(8-19)15(20)18-13/h7-8,10,18,20H,4-6H2,1-3H3. The number of hydrogen-bond acceptors (Lipinski definition) is 3. The number of fused-ring (bicyclic) bond motifs is 2. The van der Waals surface area contributed by atoms with E-state index in [0.29, 0.717) is 23.1 Å². The molecule has 4 nitrogen and oxygen atoms in total. The minimum Gasteiger partial charge on any atom is -0.494 e. The van der Waals surface area contributed by atoms with Gasteiger partial charge in [-0.15, -0.1) is 0 Å². The molecule has 2 aromatic rings. The Kier molecular flexibility index (Phi) is 2.85. The Bertz CT molecular complexity index is 680. The summed E-state index contributed by atoms with van der Waals surface area (Å²) in [6, 6.07) is 2.04. The quantitative estimate of drug-likeness (QED) is 0.783. The highest BCUT2D eigenvalue weighted by Gasteiger charge is 2.30. The van der Waals surface area contributed by atoms with E-state index in [-0.39, 0.29) is 11.4 Å². The molecule has 1 aliphatic rings. The summed E-state index contributed by atoms with van der Waals surface area (Å²) < 4.78 is 0. The maximum atomic E-state index is 11.0. The Balaban J connectivity index is 2.08. The molecule has 1 atom stereocenters.